The van der Waals surface area contributed by atoms with Crippen LogP contribution in [0.25, 0.3) is 17.1 Å². The maximum atomic E-state index is 11.9. The number of nitrogens with zero attached hydrogens (tertiary/aromatic N) is 3. The molecule has 0 fully saturated rings. The van der Waals surface area contributed by atoms with Crippen molar-refractivity contribution in [3.63, 3.8) is 0 Å². The van der Waals surface area contributed by atoms with Crippen LogP contribution in [-0.2, 0) is 11.8 Å². The number of fused-ring (bicyclic) bond motifs is 1. The van der Waals surface area contributed by atoms with E-state index in [-0.39, 0.29) is 5.69 Å². The molecule has 0 atom stereocenters. The number of imidazole rings is 1. The van der Waals surface area contributed by atoms with E-state index in [1.807, 2.05) is 17.7 Å². The average Bonchev–Trinajstić information content (AvgIpc) is 2.94. The van der Waals surface area contributed by atoms with Gasteiger partial charge in [-0.05, 0) is 35.9 Å². The van der Waals surface area contributed by atoms with E-state index in [4.69, 9.17) is 4.74 Å². The highest BCUT2D eigenvalue weighted by molar-refractivity contribution is 5.89. The quantitative estimate of drug-likeness (QED) is 0.242. The highest BCUT2D eigenvalue weighted by Gasteiger charge is 2.06. The number of aryl methyl sites for hydroxylation is 1. The molecule has 24 heavy (non-hydrogen) atoms. The molecule has 7 heteroatoms. The SMILES string of the molecule is Cn1cnc2cc(OC(=O)C=Cc3ccc([N+](=O)[O-])cc3)ccc21. The van der Waals surface area contributed by atoms with Crippen LogP contribution in [-0.4, -0.2) is 20.4 Å². The van der Waals surface area contributed by atoms with Crippen LogP contribution < -0.4 is 4.74 Å². The van der Waals surface area contributed by atoms with Crippen molar-refractivity contribution in [2.45, 2.75) is 0 Å². The van der Waals surface area contributed by atoms with E-state index < -0.39 is 10.9 Å². The van der Waals surface area contributed by atoms with Gasteiger partial charge in [0.2, 0.25) is 0 Å². The van der Waals surface area contributed by atoms with Gasteiger partial charge in [0.05, 0.1) is 22.3 Å². The van der Waals surface area contributed by atoms with Gasteiger partial charge in [0.1, 0.15) is 5.75 Å². The molecular weight excluding hydrogens is 310 g/mol. The monoisotopic (exact) mass is 323 g/mol. The molecule has 120 valence electrons. The number of esters is 1. The molecule has 1 heterocycles. The number of hydrogen-bond donors (Lipinski definition) is 0. The van der Waals surface area contributed by atoms with Crippen molar-refractivity contribution in [3.05, 3.63) is 70.5 Å². The van der Waals surface area contributed by atoms with Gasteiger partial charge in [-0.2, -0.15) is 0 Å². The number of ether oxygens (including phenoxy) is 1. The van der Waals surface area contributed by atoms with Gasteiger partial charge >= 0.3 is 5.97 Å². The third-order valence-corrected chi connectivity index (χ3v) is 3.43. The molecule has 0 saturated carbocycles. The van der Waals surface area contributed by atoms with Crippen LogP contribution in [0.4, 0.5) is 5.69 Å². The van der Waals surface area contributed by atoms with Gasteiger partial charge in [0.15, 0.2) is 0 Å². The summed E-state index contributed by atoms with van der Waals surface area (Å²) in [6.45, 7) is 0. The molecule has 0 aliphatic carbocycles. The highest BCUT2D eigenvalue weighted by atomic mass is 16.6. The van der Waals surface area contributed by atoms with Crippen molar-refractivity contribution in [2.75, 3.05) is 0 Å². The summed E-state index contributed by atoms with van der Waals surface area (Å²) in [4.78, 5) is 26.2. The van der Waals surface area contributed by atoms with Gasteiger partial charge in [-0.25, -0.2) is 9.78 Å². The lowest BCUT2D eigenvalue weighted by atomic mass is 10.2. The number of nitro benzene ring substituents is 1. The first-order valence-electron chi connectivity index (χ1n) is 7.08. The molecule has 0 amide bonds. The van der Waals surface area contributed by atoms with Crippen molar-refractivity contribution >= 4 is 28.8 Å². The van der Waals surface area contributed by atoms with Gasteiger partial charge < -0.3 is 9.30 Å². The molecule has 0 aliphatic rings. The van der Waals surface area contributed by atoms with Crippen LogP contribution in [0.1, 0.15) is 5.56 Å². The number of carbonyl (C=O) groups excluding carboxylic acids is 1. The Kier molecular flexibility index (Phi) is 4.07. The first-order chi connectivity index (χ1) is 11.5. The van der Waals surface area contributed by atoms with Gasteiger partial charge in [-0.1, -0.05) is 0 Å². The van der Waals surface area contributed by atoms with Gasteiger partial charge in [-0.15, -0.1) is 0 Å². The predicted molar refractivity (Wildman–Crippen MR) is 88.5 cm³/mol. The zero-order valence-corrected chi connectivity index (χ0v) is 12.7. The summed E-state index contributed by atoms with van der Waals surface area (Å²) in [5, 5.41) is 10.6. The summed E-state index contributed by atoms with van der Waals surface area (Å²) in [6.07, 6.45) is 4.49. The van der Waals surface area contributed by atoms with E-state index in [0.717, 1.165) is 11.0 Å². The van der Waals surface area contributed by atoms with Gasteiger partial charge in [0, 0.05) is 31.3 Å². The molecule has 0 aliphatic heterocycles. The molecular formula is C17H13N3O4. The lowest BCUT2D eigenvalue weighted by molar-refractivity contribution is -0.384. The Bertz CT molecular complexity index is 942. The maximum absolute atomic E-state index is 11.9. The maximum Gasteiger partial charge on any atom is 0.336 e. The number of nitro groups is 1. The molecule has 0 bridgehead atoms. The molecule has 2 aromatic carbocycles. The smallest absolute Gasteiger partial charge is 0.336 e. The number of hydrogen-bond acceptors (Lipinski definition) is 5. The Hall–Kier alpha value is -3.48. The minimum absolute atomic E-state index is 0.00149. The first kappa shape index (κ1) is 15.4. The minimum Gasteiger partial charge on any atom is -0.423 e. The summed E-state index contributed by atoms with van der Waals surface area (Å²) in [7, 11) is 1.88. The van der Waals surface area contributed by atoms with Crippen molar-refractivity contribution in [1.82, 2.24) is 9.55 Å². The molecule has 0 unspecified atom stereocenters. The number of benzene rings is 2. The topological polar surface area (TPSA) is 87.3 Å². The second kappa shape index (κ2) is 6.33. The summed E-state index contributed by atoms with van der Waals surface area (Å²) >= 11 is 0. The lowest BCUT2D eigenvalue weighted by Gasteiger charge is -2.01. The van der Waals surface area contributed by atoms with E-state index in [1.54, 1.807) is 30.6 Å². The molecule has 0 N–H and O–H groups in total. The number of rotatable bonds is 4. The molecule has 1 aromatic heterocycles. The van der Waals surface area contributed by atoms with Crippen LogP contribution >= 0.6 is 0 Å². The van der Waals surface area contributed by atoms with Crippen molar-refractivity contribution in [2.24, 2.45) is 7.05 Å². The van der Waals surface area contributed by atoms with E-state index in [0.29, 0.717) is 11.3 Å². The zero-order valence-electron chi connectivity index (χ0n) is 12.7. The molecule has 7 nitrogen and oxygen atoms in total. The largest absolute Gasteiger partial charge is 0.423 e. The Morgan fingerprint density at radius 2 is 2.00 bits per heavy atom. The van der Waals surface area contributed by atoms with Gasteiger partial charge in [0.25, 0.3) is 5.69 Å². The van der Waals surface area contributed by atoms with E-state index in [9.17, 15) is 14.9 Å². The summed E-state index contributed by atoms with van der Waals surface area (Å²) in [6, 6.07) is 11.1. The van der Waals surface area contributed by atoms with E-state index in [1.165, 1.54) is 24.3 Å². The summed E-state index contributed by atoms with van der Waals surface area (Å²) in [5.74, 6) is -0.136. The minimum atomic E-state index is -0.538. The number of aromatic nitrogens is 2. The summed E-state index contributed by atoms with van der Waals surface area (Å²) in [5.41, 5.74) is 2.34. The molecule has 0 radical (unpaired) electrons. The van der Waals surface area contributed by atoms with Crippen LogP contribution in [0.2, 0.25) is 0 Å². The van der Waals surface area contributed by atoms with E-state index >= 15 is 0 Å². The predicted octanol–water partition coefficient (Wildman–Crippen LogP) is 3.10. The normalized spacial score (nSPS) is 11.0. The van der Waals surface area contributed by atoms with E-state index in [2.05, 4.69) is 4.98 Å². The second-order valence-electron chi connectivity index (χ2n) is 5.11. The Balaban J connectivity index is 1.68. The van der Waals surface area contributed by atoms with Crippen molar-refractivity contribution in [3.8, 4) is 5.75 Å². The van der Waals surface area contributed by atoms with Crippen molar-refractivity contribution in [1.29, 1.82) is 0 Å². The standard InChI is InChI=1S/C17H13N3O4/c1-19-11-18-15-10-14(7-8-16(15)19)24-17(21)9-4-12-2-5-13(6-3-12)20(22)23/h2-11H,1H3. The third-order valence-electron chi connectivity index (χ3n) is 3.43. The lowest BCUT2D eigenvalue weighted by Crippen LogP contribution is -2.03. The molecule has 0 spiro atoms. The van der Waals surface area contributed by atoms with Crippen LogP contribution in [0.3, 0.4) is 0 Å². The Labute approximate surface area is 137 Å². The van der Waals surface area contributed by atoms with Crippen LogP contribution in [0.5, 0.6) is 5.75 Å². The highest BCUT2D eigenvalue weighted by Crippen LogP contribution is 2.19. The van der Waals surface area contributed by atoms with Crippen LogP contribution in [0, 0.1) is 10.1 Å². The Morgan fingerprint density at radius 3 is 2.71 bits per heavy atom. The van der Waals surface area contributed by atoms with Gasteiger partial charge in [-0.3, -0.25) is 10.1 Å². The molecule has 0 saturated heterocycles. The number of non-ortho nitro benzene ring substituents is 1. The molecule has 3 rings (SSSR count). The van der Waals surface area contributed by atoms with Crippen LogP contribution in [0.15, 0.2) is 54.9 Å². The molecule has 3 aromatic rings. The second-order valence-corrected chi connectivity index (χ2v) is 5.11. The van der Waals surface area contributed by atoms with Crippen molar-refractivity contribution < 1.29 is 14.5 Å². The first-order valence-corrected chi connectivity index (χ1v) is 7.08. The fourth-order valence-electron chi connectivity index (χ4n) is 2.20. The fourth-order valence-corrected chi connectivity index (χ4v) is 2.20. The fraction of sp³-hybridized carbons (Fsp3) is 0.0588. The Morgan fingerprint density at radius 1 is 1.25 bits per heavy atom. The average molecular weight is 323 g/mol. The summed E-state index contributed by atoms with van der Waals surface area (Å²) < 4.78 is 7.10. The zero-order chi connectivity index (χ0) is 17.1. The third kappa shape index (κ3) is 3.30. The number of carbonyl (C=O) groups is 1.